The van der Waals surface area contributed by atoms with Crippen molar-refractivity contribution < 1.29 is 19.8 Å². The summed E-state index contributed by atoms with van der Waals surface area (Å²) < 4.78 is 0. The molecule has 0 saturated carbocycles. The lowest BCUT2D eigenvalue weighted by Crippen LogP contribution is -2.36. The van der Waals surface area contributed by atoms with Gasteiger partial charge in [-0.3, -0.25) is 9.59 Å². The summed E-state index contributed by atoms with van der Waals surface area (Å²) in [5, 5.41) is 23.1. The molecule has 2 aromatic rings. The van der Waals surface area contributed by atoms with Gasteiger partial charge in [-0.25, -0.2) is 0 Å². The van der Waals surface area contributed by atoms with Gasteiger partial charge in [-0.05, 0) is 23.5 Å². The SMILES string of the molecule is Cc1ccc(/C(O)=C2/C(=O)C(=O)N(CCNCCO)C2c2ccc(C(C)(C)C)cc2)cc1. The summed E-state index contributed by atoms with van der Waals surface area (Å²) in [6.45, 7) is 9.41. The number of nitrogens with one attached hydrogen (secondary N) is 1. The number of amides is 1. The van der Waals surface area contributed by atoms with E-state index in [1.807, 2.05) is 43.3 Å². The molecule has 6 nitrogen and oxygen atoms in total. The van der Waals surface area contributed by atoms with E-state index in [9.17, 15) is 14.7 Å². The predicted molar refractivity (Wildman–Crippen MR) is 125 cm³/mol. The standard InChI is InChI=1S/C26H32N2O4/c1-17-5-7-19(8-6-17)23(30)21-22(18-9-11-20(12-10-18)26(2,3)4)28(25(32)24(21)31)15-13-27-14-16-29/h5-12,22,27,29-30H,13-16H2,1-4H3/b23-21-. The van der Waals surface area contributed by atoms with Crippen LogP contribution in [0, 0.1) is 6.92 Å². The van der Waals surface area contributed by atoms with E-state index < -0.39 is 17.7 Å². The van der Waals surface area contributed by atoms with Crippen molar-refractivity contribution in [3.05, 3.63) is 76.4 Å². The lowest BCUT2D eigenvalue weighted by atomic mass is 9.85. The average Bonchev–Trinajstić information content (AvgIpc) is 3.01. The molecule has 3 rings (SSSR count). The van der Waals surface area contributed by atoms with Crippen LogP contribution in [0.5, 0.6) is 0 Å². The third-order valence-corrected chi connectivity index (χ3v) is 5.78. The Hall–Kier alpha value is -2.96. The van der Waals surface area contributed by atoms with E-state index >= 15 is 0 Å². The molecule has 1 atom stereocenters. The van der Waals surface area contributed by atoms with Gasteiger partial charge >= 0.3 is 0 Å². The smallest absolute Gasteiger partial charge is 0.295 e. The van der Waals surface area contributed by atoms with Crippen LogP contribution in [-0.2, 0) is 15.0 Å². The Morgan fingerprint density at radius 2 is 1.62 bits per heavy atom. The molecule has 0 radical (unpaired) electrons. The van der Waals surface area contributed by atoms with E-state index in [1.54, 1.807) is 12.1 Å². The Bertz CT molecular complexity index is 1000. The molecule has 1 unspecified atom stereocenters. The number of carbonyl (C=O) groups is 2. The molecule has 1 heterocycles. The van der Waals surface area contributed by atoms with Gasteiger partial charge in [0.05, 0.1) is 18.2 Å². The number of likely N-dealkylation sites (tertiary alicyclic amines) is 1. The van der Waals surface area contributed by atoms with E-state index in [-0.39, 0.29) is 29.9 Å². The molecule has 1 fully saturated rings. The van der Waals surface area contributed by atoms with Crippen molar-refractivity contribution in [2.24, 2.45) is 0 Å². The van der Waals surface area contributed by atoms with E-state index in [0.717, 1.165) is 16.7 Å². The van der Waals surface area contributed by atoms with E-state index in [1.165, 1.54) is 4.90 Å². The zero-order valence-corrected chi connectivity index (χ0v) is 19.2. The number of nitrogens with zero attached hydrogens (tertiary/aromatic N) is 1. The maximum Gasteiger partial charge on any atom is 0.295 e. The van der Waals surface area contributed by atoms with Crippen LogP contribution in [-0.4, -0.2) is 53.0 Å². The molecule has 1 amide bonds. The second-order valence-electron chi connectivity index (χ2n) is 9.20. The van der Waals surface area contributed by atoms with Gasteiger partial charge in [0.1, 0.15) is 5.76 Å². The topological polar surface area (TPSA) is 89.9 Å². The normalized spacial score (nSPS) is 18.4. The van der Waals surface area contributed by atoms with Gasteiger partial charge < -0.3 is 20.4 Å². The number of aryl methyl sites for hydroxylation is 1. The molecule has 2 aromatic carbocycles. The first-order valence-electron chi connectivity index (χ1n) is 10.9. The van der Waals surface area contributed by atoms with Gasteiger partial charge in [0.2, 0.25) is 0 Å². The van der Waals surface area contributed by atoms with Gasteiger partial charge in [0.15, 0.2) is 0 Å². The maximum absolute atomic E-state index is 13.0. The van der Waals surface area contributed by atoms with Crippen molar-refractivity contribution in [1.82, 2.24) is 10.2 Å². The highest BCUT2D eigenvalue weighted by molar-refractivity contribution is 6.46. The Labute approximate surface area is 189 Å². The highest BCUT2D eigenvalue weighted by Gasteiger charge is 2.45. The molecule has 1 aliphatic rings. The number of carbonyl (C=O) groups excluding carboxylic acids is 2. The molecule has 0 bridgehead atoms. The number of hydrogen-bond donors (Lipinski definition) is 3. The number of hydrogen-bond acceptors (Lipinski definition) is 5. The third-order valence-electron chi connectivity index (χ3n) is 5.78. The van der Waals surface area contributed by atoms with Gasteiger partial charge in [0, 0.05) is 25.2 Å². The minimum atomic E-state index is -0.685. The molecule has 1 saturated heterocycles. The maximum atomic E-state index is 13.0. The number of aliphatic hydroxyl groups is 2. The minimum Gasteiger partial charge on any atom is -0.507 e. The van der Waals surface area contributed by atoms with Gasteiger partial charge in [-0.2, -0.15) is 0 Å². The zero-order chi connectivity index (χ0) is 23.5. The van der Waals surface area contributed by atoms with Gasteiger partial charge in [0.25, 0.3) is 11.7 Å². The first-order chi connectivity index (χ1) is 15.1. The molecule has 6 heteroatoms. The lowest BCUT2D eigenvalue weighted by molar-refractivity contribution is -0.139. The Kier molecular flexibility index (Phi) is 7.16. The summed E-state index contributed by atoms with van der Waals surface area (Å²) in [6, 6.07) is 14.4. The molecule has 0 aliphatic carbocycles. The van der Waals surface area contributed by atoms with Gasteiger partial charge in [-0.1, -0.05) is 74.9 Å². The highest BCUT2D eigenvalue weighted by atomic mass is 16.3. The van der Waals surface area contributed by atoms with E-state index in [4.69, 9.17) is 5.11 Å². The first-order valence-corrected chi connectivity index (χ1v) is 10.9. The molecular formula is C26H32N2O4. The Morgan fingerprint density at radius 3 is 2.19 bits per heavy atom. The van der Waals surface area contributed by atoms with Crippen molar-refractivity contribution in [2.75, 3.05) is 26.2 Å². The van der Waals surface area contributed by atoms with Crippen molar-refractivity contribution in [3.8, 4) is 0 Å². The number of Topliss-reactive ketones (excluding diaryl/α,β-unsaturated/α-hetero) is 1. The fourth-order valence-electron chi connectivity index (χ4n) is 3.89. The zero-order valence-electron chi connectivity index (χ0n) is 19.2. The van der Waals surface area contributed by atoms with Crippen LogP contribution in [0.3, 0.4) is 0 Å². The first kappa shape index (κ1) is 23.7. The molecule has 32 heavy (non-hydrogen) atoms. The number of benzene rings is 2. The summed E-state index contributed by atoms with van der Waals surface area (Å²) in [5.74, 6) is -1.48. The summed E-state index contributed by atoms with van der Waals surface area (Å²) in [5.41, 5.74) is 3.52. The summed E-state index contributed by atoms with van der Waals surface area (Å²) in [7, 11) is 0. The Morgan fingerprint density at radius 1 is 1.00 bits per heavy atom. The second kappa shape index (κ2) is 9.67. The monoisotopic (exact) mass is 436 g/mol. The van der Waals surface area contributed by atoms with Crippen LogP contribution in [0.4, 0.5) is 0 Å². The van der Waals surface area contributed by atoms with Crippen LogP contribution >= 0.6 is 0 Å². The molecule has 1 aliphatic heterocycles. The Balaban J connectivity index is 2.07. The third kappa shape index (κ3) is 4.92. The minimum absolute atomic E-state index is 0.00998. The molecule has 3 N–H and O–H groups in total. The van der Waals surface area contributed by atoms with Crippen molar-refractivity contribution in [1.29, 1.82) is 0 Å². The average molecular weight is 437 g/mol. The van der Waals surface area contributed by atoms with Gasteiger partial charge in [-0.15, -0.1) is 0 Å². The van der Waals surface area contributed by atoms with Crippen molar-refractivity contribution in [3.63, 3.8) is 0 Å². The van der Waals surface area contributed by atoms with Crippen LogP contribution in [0.25, 0.3) is 5.76 Å². The van der Waals surface area contributed by atoms with E-state index in [2.05, 4.69) is 26.1 Å². The number of ketones is 1. The van der Waals surface area contributed by atoms with Crippen LogP contribution in [0.15, 0.2) is 54.1 Å². The molecule has 0 aromatic heterocycles. The van der Waals surface area contributed by atoms with Crippen LogP contribution < -0.4 is 5.32 Å². The fraction of sp³-hybridized carbons (Fsp3) is 0.385. The fourth-order valence-corrected chi connectivity index (χ4v) is 3.89. The summed E-state index contributed by atoms with van der Waals surface area (Å²) >= 11 is 0. The summed E-state index contributed by atoms with van der Waals surface area (Å²) in [4.78, 5) is 27.5. The quantitative estimate of drug-likeness (QED) is 0.268. The molecule has 0 spiro atoms. The largest absolute Gasteiger partial charge is 0.507 e. The highest BCUT2D eigenvalue weighted by Crippen LogP contribution is 2.39. The van der Waals surface area contributed by atoms with E-state index in [0.29, 0.717) is 18.7 Å². The number of aliphatic hydroxyl groups excluding tert-OH is 2. The summed E-state index contributed by atoms with van der Waals surface area (Å²) in [6.07, 6.45) is 0. The lowest BCUT2D eigenvalue weighted by Gasteiger charge is -2.26. The second-order valence-corrected chi connectivity index (χ2v) is 9.20. The van der Waals surface area contributed by atoms with Crippen LogP contribution in [0.2, 0.25) is 0 Å². The van der Waals surface area contributed by atoms with Crippen molar-refractivity contribution in [2.45, 2.75) is 39.2 Å². The van der Waals surface area contributed by atoms with Crippen molar-refractivity contribution >= 4 is 17.4 Å². The molecular weight excluding hydrogens is 404 g/mol. The van der Waals surface area contributed by atoms with Crippen LogP contribution in [0.1, 0.15) is 49.1 Å². The predicted octanol–water partition coefficient (Wildman–Crippen LogP) is 3.30. The molecule has 170 valence electrons. The number of rotatable bonds is 7.